The van der Waals surface area contributed by atoms with E-state index < -0.39 is 0 Å². The molecule has 2 rings (SSSR count). The van der Waals surface area contributed by atoms with E-state index in [2.05, 4.69) is 16.2 Å². The van der Waals surface area contributed by atoms with Crippen LogP contribution in [-0.4, -0.2) is 22.4 Å². The molecule has 0 aromatic carbocycles. The van der Waals surface area contributed by atoms with E-state index in [0.717, 1.165) is 13.0 Å². The fourth-order valence-corrected chi connectivity index (χ4v) is 1.29. The van der Waals surface area contributed by atoms with Gasteiger partial charge in [-0.2, -0.15) is 0 Å². The summed E-state index contributed by atoms with van der Waals surface area (Å²) in [7, 11) is 0. The van der Waals surface area contributed by atoms with Crippen molar-refractivity contribution in [1.82, 2.24) is 9.97 Å². The van der Waals surface area contributed by atoms with Crippen molar-refractivity contribution in [3.05, 3.63) is 18.6 Å². The fraction of sp³-hybridized carbons (Fsp3) is 0.375. The van der Waals surface area contributed by atoms with Crippen molar-refractivity contribution < 1.29 is 4.79 Å². The topological polar surface area (TPSA) is 46.1 Å². The highest BCUT2D eigenvalue weighted by atomic mass is 16.2. The standard InChI is InChI=1S/C8H8N3O/c12-8-2-1-5-11(8)7-6-9-3-4-10-7/h4,6H,1-2,5H2. The zero-order valence-corrected chi connectivity index (χ0v) is 6.53. The van der Waals surface area contributed by atoms with Gasteiger partial charge in [0.25, 0.3) is 0 Å². The number of hydrogen-bond donors (Lipinski definition) is 0. The maximum Gasteiger partial charge on any atom is 0.228 e. The average molecular weight is 162 g/mol. The maximum atomic E-state index is 11.2. The van der Waals surface area contributed by atoms with E-state index in [1.54, 1.807) is 11.1 Å². The molecule has 1 radical (unpaired) electrons. The van der Waals surface area contributed by atoms with Gasteiger partial charge in [-0.25, -0.2) is 9.97 Å². The normalized spacial score (nSPS) is 17.0. The molecule has 1 aliphatic rings. The third-order valence-corrected chi connectivity index (χ3v) is 1.86. The van der Waals surface area contributed by atoms with Gasteiger partial charge in [0.15, 0.2) is 5.82 Å². The minimum absolute atomic E-state index is 0.135. The molecule has 1 aliphatic heterocycles. The fourth-order valence-electron chi connectivity index (χ4n) is 1.29. The quantitative estimate of drug-likeness (QED) is 0.600. The molecule has 0 aliphatic carbocycles. The molecule has 1 amide bonds. The molecule has 0 N–H and O–H groups in total. The molecule has 4 nitrogen and oxygen atoms in total. The molecule has 1 fully saturated rings. The first-order valence-electron chi connectivity index (χ1n) is 3.86. The first kappa shape index (κ1) is 7.21. The highest BCUT2D eigenvalue weighted by Gasteiger charge is 2.22. The van der Waals surface area contributed by atoms with Crippen molar-refractivity contribution in [3.63, 3.8) is 0 Å². The van der Waals surface area contributed by atoms with Crippen molar-refractivity contribution in [3.8, 4) is 0 Å². The molecule has 4 heteroatoms. The van der Waals surface area contributed by atoms with Crippen LogP contribution in [0.5, 0.6) is 0 Å². The lowest BCUT2D eigenvalue weighted by atomic mass is 10.4. The van der Waals surface area contributed by atoms with Gasteiger partial charge >= 0.3 is 0 Å². The molecular formula is C8H8N3O. The summed E-state index contributed by atoms with van der Waals surface area (Å²) >= 11 is 0. The van der Waals surface area contributed by atoms with E-state index in [4.69, 9.17) is 0 Å². The Labute approximate surface area is 70.2 Å². The predicted octanol–water partition coefficient (Wildman–Crippen LogP) is 0.404. The summed E-state index contributed by atoms with van der Waals surface area (Å²) in [6.07, 6.45) is 7.14. The minimum atomic E-state index is 0.135. The number of hydrogen-bond acceptors (Lipinski definition) is 3. The number of amides is 1. The van der Waals surface area contributed by atoms with E-state index in [0.29, 0.717) is 12.2 Å². The molecule has 0 unspecified atom stereocenters. The third-order valence-electron chi connectivity index (χ3n) is 1.86. The van der Waals surface area contributed by atoms with Crippen LogP contribution in [0.1, 0.15) is 12.8 Å². The highest BCUT2D eigenvalue weighted by Crippen LogP contribution is 2.16. The number of carbonyl (C=O) groups excluding carboxylic acids is 1. The number of rotatable bonds is 1. The van der Waals surface area contributed by atoms with E-state index in [9.17, 15) is 4.79 Å². The van der Waals surface area contributed by atoms with Gasteiger partial charge in [0.1, 0.15) is 6.20 Å². The molecule has 0 bridgehead atoms. The Kier molecular flexibility index (Phi) is 1.74. The smallest absolute Gasteiger partial charge is 0.228 e. The molecule has 1 aromatic rings. The summed E-state index contributed by atoms with van der Waals surface area (Å²) in [6.45, 7) is 0.761. The van der Waals surface area contributed by atoms with Gasteiger partial charge in [-0.1, -0.05) is 0 Å². The molecule has 12 heavy (non-hydrogen) atoms. The largest absolute Gasteiger partial charge is 0.296 e. The van der Waals surface area contributed by atoms with E-state index >= 15 is 0 Å². The van der Waals surface area contributed by atoms with Crippen molar-refractivity contribution in [1.29, 1.82) is 0 Å². The SMILES string of the molecule is O=C1CCCN1c1cn[c]cn1. The van der Waals surface area contributed by atoms with Gasteiger partial charge in [-0.3, -0.25) is 9.69 Å². The first-order chi connectivity index (χ1) is 5.88. The minimum Gasteiger partial charge on any atom is -0.296 e. The molecular weight excluding hydrogens is 154 g/mol. The molecule has 0 atom stereocenters. The second-order valence-corrected chi connectivity index (χ2v) is 2.65. The van der Waals surface area contributed by atoms with Crippen molar-refractivity contribution in [2.24, 2.45) is 0 Å². The summed E-state index contributed by atoms with van der Waals surface area (Å²) in [5.74, 6) is 0.770. The monoisotopic (exact) mass is 162 g/mol. The van der Waals surface area contributed by atoms with Crippen LogP contribution < -0.4 is 4.90 Å². The lowest BCUT2D eigenvalue weighted by Gasteiger charge is -2.12. The van der Waals surface area contributed by atoms with Gasteiger partial charge in [-0.15, -0.1) is 0 Å². The van der Waals surface area contributed by atoms with Gasteiger partial charge in [-0.05, 0) is 6.42 Å². The molecule has 1 aromatic heterocycles. The van der Waals surface area contributed by atoms with Gasteiger partial charge in [0.2, 0.25) is 5.91 Å². The number of aromatic nitrogens is 2. The molecule has 2 heterocycles. The van der Waals surface area contributed by atoms with E-state index in [1.165, 1.54) is 6.20 Å². The Bertz CT molecular complexity index is 286. The summed E-state index contributed by atoms with van der Waals surface area (Å²) in [5.41, 5.74) is 0. The van der Waals surface area contributed by atoms with Crippen LogP contribution in [0.3, 0.4) is 0 Å². The van der Waals surface area contributed by atoms with Crippen LogP contribution >= 0.6 is 0 Å². The molecule has 0 saturated carbocycles. The van der Waals surface area contributed by atoms with Crippen molar-refractivity contribution >= 4 is 11.7 Å². The van der Waals surface area contributed by atoms with Gasteiger partial charge in [0.05, 0.1) is 12.4 Å². The molecule has 61 valence electrons. The number of anilines is 1. The van der Waals surface area contributed by atoms with Crippen LogP contribution in [0.4, 0.5) is 5.82 Å². The zero-order valence-electron chi connectivity index (χ0n) is 6.53. The van der Waals surface area contributed by atoms with Crippen LogP contribution in [0.25, 0.3) is 0 Å². The lowest BCUT2D eigenvalue weighted by molar-refractivity contribution is -0.117. The summed E-state index contributed by atoms with van der Waals surface area (Å²) in [6, 6.07) is 0. The Morgan fingerprint density at radius 1 is 1.58 bits per heavy atom. The van der Waals surface area contributed by atoms with Crippen molar-refractivity contribution in [2.75, 3.05) is 11.4 Å². The zero-order chi connectivity index (χ0) is 8.39. The molecule has 1 saturated heterocycles. The highest BCUT2D eigenvalue weighted by molar-refractivity contribution is 5.94. The number of nitrogens with zero attached hydrogens (tertiary/aromatic N) is 3. The van der Waals surface area contributed by atoms with Gasteiger partial charge < -0.3 is 0 Å². The third kappa shape index (κ3) is 1.15. The maximum absolute atomic E-state index is 11.2. The van der Waals surface area contributed by atoms with Crippen LogP contribution in [0.2, 0.25) is 0 Å². The van der Waals surface area contributed by atoms with Gasteiger partial charge in [0, 0.05) is 13.0 Å². The van der Waals surface area contributed by atoms with Crippen LogP contribution in [0, 0.1) is 6.20 Å². The Morgan fingerprint density at radius 3 is 3.08 bits per heavy atom. The summed E-state index contributed by atoms with van der Waals surface area (Å²) < 4.78 is 0. The van der Waals surface area contributed by atoms with E-state index in [1.807, 2.05) is 0 Å². The Balaban J connectivity index is 2.25. The lowest BCUT2D eigenvalue weighted by Crippen LogP contribution is -2.24. The Morgan fingerprint density at radius 2 is 2.50 bits per heavy atom. The molecule has 0 spiro atoms. The Hall–Kier alpha value is -1.45. The average Bonchev–Trinajstić information content (AvgIpc) is 2.53. The number of carbonyl (C=O) groups is 1. The van der Waals surface area contributed by atoms with Crippen LogP contribution in [-0.2, 0) is 4.79 Å². The summed E-state index contributed by atoms with van der Waals surface area (Å²) in [4.78, 5) is 20.7. The summed E-state index contributed by atoms with van der Waals surface area (Å²) in [5, 5.41) is 0. The second-order valence-electron chi connectivity index (χ2n) is 2.65. The van der Waals surface area contributed by atoms with Crippen LogP contribution in [0.15, 0.2) is 12.4 Å². The van der Waals surface area contributed by atoms with Crippen molar-refractivity contribution in [2.45, 2.75) is 12.8 Å². The predicted molar refractivity (Wildman–Crippen MR) is 42.5 cm³/mol. The van der Waals surface area contributed by atoms with E-state index in [-0.39, 0.29) is 5.91 Å². The second kappa shape index (κ2) is 2.89. The first-order valence-corrected chi connectivity index (χ1v) is 3.86.